The van der Waals surface area contributed by atoms with E-state index in [1.165, 1.54) is 33.4 Å². The van der Waals surface area contributed by atoms with E-state index in [0.29, 0.717) is 5.25 Å². The zero-order chi connectivity index (χ0) is 20.8. The second kappa shape index (κ2) is 7.62. The molecular weight excluding hydrogens is 388 g/mol. The fourth-order valence-electron chi connectivity index (χ4n) is 4.82. The summed E-state index contributed by atoms with van der Waals surface area (Å²) in [5.41, 5.74) is 7.56. The first-order valence-corrected chi connectivity index (χ1v) is 11.6. The van der Waals surface area contributed by atoms with Gasteiger partial charge in [-0.15, -0.1) is 0 Å². The summed E-state index contributed by atoms with van der Waals surface area (Å²) in [4.78, 5) is 12.3. The molecule has 5 heteroatoms. The van der Waals surface area contributed by atoms with Crippen LogP contribution in [0.15, 0.2) is 59.7 Å². The van der Waals surface area contributed by atoms with E-state index in [2.05, 4.69) is 84.6 Å². The highest BCUT2D eigenvalue weighted by Crippen LogP contribution is 2.48. The van der Waals surface area contributed by atoms with Gasteiger partial charge in [0.25, 0.3) is 0 Å². The van der Waals surface area contributed by atoms with Gasteiger partial charge in [-0.05, 0) is 61.7 Å². The van der Waals surface area contributed by atoms with Gasteiger partial charge < -0.3 is 9.47 Å². The standard InChI is InChI=1S/C25H28N4S/c1-5-19-9-11-20(12-10-19)29-16(2)14-21(18(29)4)24-23(22-8-6-7-13-26-22)27-25-28(24)15-17(3)30-25/h6-14,17,23-24H,5,15H2,1-4H3. The minimum absolute atomic E-state index is 0.0395. The van der Waals surface area contributed by atoms with Crippen molar-refractivity contribution in [3.05, 3.63) is 82.9 Å². The number of aromatic nitrogens is 2. The van der Waals surface area contributed by atoms with Gasteiger partial charge in [0.05, 0.1) is 11.7 Å². The summed E-state index contributed by atoms with van der Waals surface area (Å²) in [5, 5.41) is 1.74. The Hall–Kier alpha value is -2.53. The van der Waals surface area contributed by atoms with E-state index < -0.39 is 0 Å². The van der Waals surface area contributed by atoms with Crippen molar-refractivity contribution in [1.29, 1.82) is 0 Å². The van der Waals surface area contributed by atoms with Gasteiger partial charge >= 0.3 is 0 Å². The fraction of sp³-hybridized carbons (Fsp3) is 0.360. The van der Waals surface area contributed by atoms with Gasteiger partial charge in [-0.2, -0.15) is 0 Å². The third kappa shape index (κ3) is 3.16. The molecule has 2 aliphatic heterocycles. The Bertz CT molecular complexity index is 1080. The predicted molar refractivity (Wildman–Crippen MR) is 126 cm³/mol. The molecule has 3 atom stereocenters. The molecule has 1 fully saturated rings. The third-order valence-corrected chi connectivity index (χ3v) is 7.38. The van der Waals surface area contributed by atoms with Crippen molar-refractivity contribution in [2.75, 3.05) is 6.54 Å². The molecular formula is C25H28N4S. The van der Waals surface area contributed by atoms with Crippen LogP contribution in [0.4, 0.5) is 0 Å². The SMILES string of the molecule is CCc1ccc(-n2c(C)cc(C3C(c4ccccn4)N=C4SC(C)CN43)c2C)cc1. The number of rotatable bonds is 4. The third-order valence-electron chi connectivity index (χ3n) is 6.27. The van der Waals surface area contributed by atoms with Gasteiger partial charge in [-0.1, -0.05) is 43.8 Å². The molecule has 0 radical (unpaired) electrons. The van der Waals surface area contributed by atoms with Gasteiger partial charge in [0.1, 0.15) is 6.04 Å². The van der Waals surface area contributed by atoms with E-state index in [1.807, 2.05) is 24.0 Å². The van der Waals surface area contributed by atoms with Crippen LogP contribution in [0.1, 0.15) is 54.1 Å². The predicted octanol–water partition coefficient (Wildman–Crippen LogP) is 5.64. The molecule has 2 aliphatic rings. The number of aliphatic imine (C=N–C) groups is 1. The van der Waals surface area contributed by atoms with Crippen LogP contribution in [0.5, 0.6) is 0 Å². The maximum absolute atomic E-state index is 5.14. The first kappa shape index (κ1) is 19.4. The van der Waals surface area contributed by atoms with Gasteiger partial charge in [-0.25, -0.2) is 0 Å². The van der Waals surface area contributed by atoms with Crippen molar-refractivity contribution >= 4 is 16.9 Å². The van der Waals surface area contributed by atoms with Gasteiger partial charge in [0.2, 0.25) is 0 Å². The van der Waals surface area contributed by atoms with E-state index in [0.717, 1.165) is 18.7 Å². The smallest absolute Gasteiger partial charge is 0.160 e. The first-order valence-electron chi connectivity index (χ1n) is 10.8. The quantitative estimate of drug-likeness (QED) is 0.552. The fourth-order valence-corrected chi connectivity index (χ4v) is 5.91. The number of fused-ring (bicyclic) bond motifs is 1. The number of thioether (sulfide) groups is 1. The van der Waals surface area contributed by atoms with Crippen LogP contribution in [0, 0.1) is 13.8 Å². The van der Waals surface area contributed by atoms with E-state index in [9.17, 15) is 0 Å². The van der Waals surface area contributed by atoms with Gasteiger partial charge in [-0.3, -0.25) is 9.98 Å². The maximum atomic E-state index is 5.14. The molecule has 0 spiro atoms. The average Bonchev–Trinajstić information content (AvgIpc) is 3.38. The van der Waals surface area contributed by atoms with E-state index in [-0.39, 0.29) is 12.1 Å². The first-order chi connectivity index (χ1) is 14.6. The average molecular weight is 417 g/mol. The number of amidine groups is 1. The highest BCUT2D eigenvalue weighted by Gasteiger charge is 2.44. The number of hydrogen-bond donors (Lipinski definition) is 0. The molecule has 0 bridgehead atoms. The molecule has 154 valence electrons. The number of benzene rings is 1. The second-order valence-corrected chi connectivity index (χ2v) is 9.72. The number of pyridine rings is 1. The summed E-state index contributed by atoms with van der Waals surface area (Å²) >= 11 is 1.89. The molecule has 1 saturated heterocycles. The van der Waals surface area contributed by atoms with Crippen LogP contribution >= 0.6 is 11.8 Å². The topological polar surface area (TPSA) is 33.4 Å². The molecule has 3 unspecified atom stereocenters. The molecule has 0 N–H and O–H groups in total. The lowest BCUT2D eigenvalue weighted by Crippen LogP contribution is -2.28. The molecule has 2 aromatic heterocycles. The van der Waals surface area contributed by atoms with Crippen LogP contribution in [0.2, 0.25) is 0 Å². The lowest BCUT2D eigenvalue weighted by molar-refractivity contribution is 0.320. The van der Waals surface area contributed by atoms with E-state index in [4.69, 9.17) is 4.99 Å². The molecule has 4 heterocycles. The zero-order valence-corrected chi connectivity index (χ0v) is 18.9. The van der Waals surface area contributed by atoms with Crippen LogP contribution < -0.4 is 0 Å². The van der Waals surface area contributed by atoms with E-state index >= 15 is 0 Å². The number of nitrogens with zero attached hydrogens (tertiary/aromatic N) is 4. The summed E-state index contributed by atoms with van der Waals surface area (Å²) in [7, 11) is 0. The number of hydrogen-bond acceptors (Lipinski definition) is 4. The molecule has 3 aromatic rings. The Balaban J connectivity index is 1.59. The summed E-state index contributed by atoms with van der Waals surface area (Å²) in [6.45, 7) is 9.97. The molecule has 0 aliphatic carbocycles. The highest BCUT2D eigenvalue weighted by atomic mass is 32.2. The Morgan fingerprint density at radius 3 is 2.60 bits per heavy atom. The minimum atomic E-state index is 0.0395. The monoisotopic (exact) mass is 416 g/mol. The second-order valence-electron chi connectivity index (χ2n) is 8.32. The van der Waals surface area contributed by atoms with Crippen molar-refractivity contribution in [3.63, 3.8) is 0 Å². The number of aryl methyl sites for hydroxylation is 2. The molecule has 1 aromatic carbocycles. The van der Waals surface area contributed by atoms with Crippen LogP contribution in [0.3, 0.4) is 0 Å². The van der Waals surface area contributed by atoms with Crippen molar-refractivity contribution < 1.29 is 0 Å². The summed E-state index contributed by atoms with van der Waals surface area (Å²) in [5.74, 6) is 0. The largest absolute Gasteiger partial charge is 0.341 e. The Kier molecular flexibility index (Phi) is 4.94. The normalized spacial score (nSPS) is 23.0. The van der Waals surface area contributed by atoms with Crippen molar-refractivity contribution in [1.82, 2.24) is 14.5 Å². The van der Waals surface area contributed by atoms with Crippen molar-refractivity contribution in [2.24, 2.45) is 4.99 Å². The lowest BCUT2D eigenvalue weighted by Gasteiger charge is -2.27. The van der Waals surface area contributed by atoms with Crippen molar-refractivity contribution in [2.45, 2.75) is 51.4 Å². The summed E-state index contributed by atoms with van der Waals surface area (Å²) in [6.07, 6.45) is 2.94. The Morgan fingerprint density at radius 1 is 1.10 bits per heavy atom. The van der Waals surface area contributed by atoms with Crippen LogP contribution in [0.25, 0.3) is 5.69 Å². The molecule has 5 rings (SSSR count). The van der Waals surface area contributed by atoms with Crippen molar-refractivity contribution in [3.8, 4) is 5.69 Å². The minimum Gasteiger partial charge on any atom is -0.341 e. The molecule has 0 saturated carbocycles. The highest BCUT2D eigenvalue weighted by molar-refractivity contribution is 8.14. The maximum Gasteiger partial charge on any atom is 0.160 e. The van der Waals surface area contributed by atoms with Gasteiger partial charge in [0.15, 0.2) is 5.17 Å². The van der Waals surface area contributed by atoms with E-state index in [1.54, 1.807) is 0 Å². The summed E-state index contributed by atoms with van der Waals surface area (Å²) < 4.78 is 2.38. The summed E-state index contributed by atoms with van der Waals surface area (Å²) in [6, 6.07) is 17.7. The van der Waals surface area contributed by atoms with Crippen LogP contribution in [-0.2, 0) is 6.42 Å². The van der Waals surface area contributed by atoms with Crippen LogP contribution in [-0.4, -0.2) is 31.4 Å². The lowest BCUT2D eigenvalue weighted by atomic mass is 9.96. The molecule has 0 amide bonds. The Labute approximate surface area is 183 Å². The molecule has 30 heavy (non-hydrogen) atoms. The van der Waals surface area contributed by atoms with Gasteiger partial charge in [0, 0.05) is 35.1 Å². The Morgan fingerprint density at radius 2 is 1.90 bits per heavy atom. The molecule has 4 nitrogen and oxygen atoms in total. The zero-order valence-electron chi connectivity index (χ0n) is 18.0.